The van der Waals surface area contributed by atoms with E-state index < -0.39 is 0 Å². The Morgan fingerprint density at radius 2 is 0.760 bits per heavy atom. The minimum atomic E-state index is 1.10. The first-order chi connectivity index (χ1) is 24.8. The molecule has 0 bridgehead atoms. The van der Waals surface area contributed by atoms with Crippen molar-refractivity contribution in [3.8, 4) is 22.3 Å². The summed E-state index contributed by atoms with van der Waals surface area (Å²) in [6, 6.07) is 59.3. The molecule has 10 aromatic carbocycles. The van der Waals surface area contributed by atoms with E-state index in [-0.39, 0.29) is 0 Å². The van der Waals surface area contributed by atoms with E-state index in [9.17, 15) is 0 Å². The van der Waals surface area contributed by atoms with Crippen LogP contribution in [0.15, 0.2) is 158 Å². The third-order valence-corrected chi connectivity index (χ3v) is 11.2. The highest BCUT2D eigenvalue weighted by Crippen LogP contribution is 2.47. The van der Waals surface area contributed by atoms with Crippen molar-refractivity contribution in [1.82, 2.24) is 0 Å². The van der Waals surface area contributed by atoms with Crippen LogP contribution in [0.1, 0.15) is 12.8 Å². The lowest BCUT2D eigenvalue weighted by Crippen LogP contribution is -2.26. The van der Waals surface area contributed by atoms with Gasteiger partial charge in [-0.25, -0.2) is 0 Å². The minimum absolute atomic E-state index is 1.10. The zero-order valence-corrected chi connectivity index (χ0v) is 27.6. The van der Waals surface area contributed by atoms with Crippen LogP contribution < -0.4 is 10.4 Å². The van der Waals surface area contributed by atoms with Crippen LogP contribution in [0.2, 0.25) is 0 Å². The molecule has 0 aliphatic heterocycles. The van der Waals surface area contributed by atoms with E-state index in [0.717, 1.165) is 12.8 Å². The fraction of sp³-hybridized carbons (Fsp3) is 0.0400. The normalized spacial score (nSPS) is 13.0. The third-order valence-electron chi connectivity index (χ3n) is 11.2. The zero-order valence-electron chi connectivity index (χ0n) is 27.6. The average molecular weight is 633 g/mol. The lowest BCUT2D eigenvalue weighted by atomic mass is 9.83. The first-order valence-corrected chi connectivity index (χ1v) is 17.7. The van der Waals surface area contributed by atoms with Gasteiger partial charge in [0.1, 0.15) is 0 Å². The number of hydrogen-bond donors (Lipinski definition) is 0. The molecule has 10 aromatic rings. The van der Waals surface area contributed by atoms with Gasteiger partial charge in [-0.05, 0) is 145 Å². The van der Waals surface area contributed by atoms with E-state index in [0.29, 0.717) is 0 Å². The first-order valence-electron chi connectivity index (χ1n) is 17.7. The highest BCUT2D eigenvalue weighted by Gasteiger charge is 2.20. The Bertz CT molecular complexity index is 3140. The van der Waals surface area contributed by atoms with E-state index in [2.05, 4.69) is 170 Å². The Morgan fingerprint density at radius 3 is 1.46 bits per heavy atom. The van der Waals surface area contributed by atoms with E-state index in [1.165, 1.54) is 108 Å². The summed E-state index contributed by atoms with van der Waals surface area (Å²) in [5.41, 5.74) is 5.17. The van der Waals surface area contributed by atoms with Crippen LogP contribution in [-0.4, -0.2) is 0 Å². The molecule has 0 heterocycles. The maximum Gasteiger partial charge on any atom is -0.00201 e. The van der Waals surface area contributed by atoms with Crippen LogP contribution in [0.5, 0.6) is 0 Å². The second-order valence-electron chi connectivity index (χ2n) is 13.9. The van der Waals surface area contributed by atoms with Crippen molar-refractivity contribution in [2.45, 2.75) is 12.8 Å². The summed E-state index contributed by atoms with van der Waals surface area (Å²) in [4.78, 5) is 0. The summed E-state index contributed by atoms with van der Waals surface area (Å²) < 4.78 is 0. The van der Waals surface area contributed by atoms with Gasteiger partial charge in [0.25, 0.3) is 0 Å². The minimum Gasteiger partial charge on any atom is -0.0763 e. The van der Waals surface area contributed by atoms with Gasteiger partial charge in [-0.1, -0.05) is 146 Å². The fourth-order valence-electron chi connectivity index (χ4n) is 8.94. The van der Waals surface area contributed by atoms with Gasteiger partial charge in [0.2, 0.25) is 0 Å². The topological polar surface area (TPSA) is 0 Å². The molecule has 0 nitrogen and oxygen atoms in total. The number of rotatable bonds is 2. The SMILES string of the molecule is C1=c2ccc3cc4cccc(-c5c6ccccc6c(-c6cccc7cc8c(ccc9ccccc98)cc67)c6ccccc56)c4cc3c2=CCC1. The molecule has 0 unspecified atom stereocenters. The molecule has 0 saturated heterocycles. The molecule has 1 aliphatic rings. The van der Waals surface area contributed by atoms with Crippen molar-refractivity contribution in [2.24, 2.45) is 0 Å². The van der Waals surface area contributed by atoms with Crippen LogP contribution in [-0.2, 0) is 0 Å². The molecule has 50 heavy (non-hydrogen) atoms. The van der Waals surface area contributed by atoms with Gasteiger partial charge in [-0.3, -0.25) is 0 Å². The van der Waals surface area contributed by atoms with Crippen LogP contribution >= 0.6 is 0 Å². The van der Waals surface area contributed by atoms with Crippen LogP contribution in [0.4, 0.5) is 0 Å². The van der Waals surface area contributed by atoms with Gasteiger partial charge in [0.05, 0.1) is 0 Å². The van der Waals surface area contributed by atoms with Gasteiger partial charge in [0, 0.05) is 0 Å². The highest BCUT2D eigenvalue weighted by molar-refractivity contribution is 6.26. The first kappa shape index (κ1) is 27.7. The Labute approximate surface area is 289 Å². The summed E-state index contributed by atoms with van der Waals surface area (Å²) in [6.45, 7) is 0. The molecule has 0 N–H and O–H groups in total. The van der Waals surface area contributed by atoms with Crippen molar-refractivity contribution in [2.75, 3.05) is 0 Å². The molecular formula is C50H32. The van der Waals surface area contributed by atoms with Crippen molar-refractivity contribution >= 4 is 87.6 Å². The Kier molecular flexibility index (Phi) is 5.89. The van der Waals surface area contributed by atoms with Gasteiger partial charge in [0.15, 0.2) is 0 Å². The standard InChI is InChI=1S/C50H32/c1-3-15-37-31(11-1)24-26-36-29-46-34(28-45(36)37)14-10-21-43(46)49-39-17-5-7-19-41(39)50(42-20-8-6-18-40(42)49)44-22-9-13-33-27-35-25-23-32-12-2-4-16-38(32)47(35)30-48(33)44/h1,3,5-30H,2,4H2. The predicted molar refractivity (Wildman–Crippen MR) is 217 cm³/mol. The monoisotopic (exact) mass is 632 g/mol. The summed E-state index contributed by atoms with van der Waals surface area (Å²) in [5, 5.41) is 20.8. The predicted octanol–water partition coefficient (Wildman–Crippen LogP) is 12.4. The maximum atomic E-state index is 2.46. The molecular weight excluding hydrogens is 601 g/mol. The number of fused-ring (bicyclic) bond motifs is 10. The largest absolute Gasteiger partial charge is 0.0763 e. The Balaban J connectivity index is 1.24. The van der Waals surface area contributed by atoms with Gasteiger partial charge in [-0.2, -0.15) is 0 Å². The number of hydrogen-bond acceptors (Lipinski definition) is 0. The van der Waals surface area contributed by atoms with Crippen LogP contribution in [0.3, 0.4) is 0 Å². The molecule has 232 valence electrons. The van der Waals surface area contributed by atoms with Gasteiger partial charge in [-0.15, -0.1) is 0 Å². The van der Waals surface area contributed by atoms with E-state index in [1.807, 2.05) is 0 Å². The summed E-state index contributed by atoms with van der Waals surface area (Å²) in [6.07, 6.45) is 7.04. The van der Waals surface area contributed by atoms with Crippen LogP contribution in [0.25, 0.3) is 110 Å². The molecule has 11 rings (SSSR count). The molecule has 0 heteroatoms. The molecule has 0 radical (unpaired) electrons. The molecule has 0 fully saturated rings. The molecule has 0 atom stereocenters. The van der Waals surface area contributed by atoms with Crippen molar-refractivity contribution in [1.29, 1.82) is 0 Å². The highest BCUT2D eigenvalue weighted by atomic mass is 14.2. The molecule has 0 amide bonds. The van der Waals surface area contributed by atoms with E-state index in [1.54, 1.807) is 0 Å². The second kappa shape index (κ2) is 10.6. The molecule has 0 aromatic heterocycles. The van der Waals surface area contributed by atoms with E-state index in [4.69, 9.17) is 0 Å². The maximum absolute atomic E-state index is 2.46. The zero-order chi connectivity index (χ0) is 32.8. The lowest BCUT2D eigenvalue weighted by molar-refractivity contribution is 1.12. The number of benzene rings is 10. The van der Waals surface area contributed by atoms with Crippen LogP contribution in [0, 0.1) is 0 Å². The Morgan fingerprint density at radius 1 is 0.280 bits per heavy atom. The molecule has 0 spiro atoms. The van der Waals surface area contributed by atoms with Crippen molar-refractivity contribution < 1.29 is 0 Å². The van der Waals surface area contributed by atoms with Gasteiger partial charge >= 0.3 is 0 Å². The second-order valence-corrected chi connectivity index (χ2v) is 13.9. The van der Waals surface area contributed by atoms with Gasteiger partial charge < -0.3 is 0 Å². The third kappa shape index (κ3) is 4.00. The average Bonchev–Trinajstić information content (AvgIpc) is 3.18. The molecule has 1 aliphatic carbocycles. The molecule has 0 saturated carbocycles. The quantitative estimate of drug-likeness (QED) is 0.131. The summed E-state index contributed by atoms with van der Waals surface area (Å²) in [7, 11) is 0. The lowest BCUT2D eigenvalue weighted by Gasteiger charge is -2.20. The summed E-state index contributed by atoms with van der Waals surface area (Å²) >= 11 is 0. The summed E-state index contributed by atoms with van der Waals surface area (Å²) in [5.74, 6) is 0. The Hall–Kier alpha value is -6.24. The van der Waals surface area contributed by atoms with Crippen molar-refractivity contribution in [3.63, 3.8) is 0 Å². The van der Waals surface area contributed by atoms with Crippen molar-refractivity contribution in [3.05, 3.63) is 168 Å². The fourth-order valence-corrected chi connectivity index (χ4v) is 8.94. The van der Waals surface area contributed by atoms with E-state index >= 15 is 0 Å². The smallest absolute Gasteiger partial charge is 0.00201 e.